The quantitative estimate of drug-likeness (QED) is 0.261. The fourth-order valence-electron chi connectivity index (χ4n) is 3.29. The van der Waals surface area contributed by atoms with Gasteiger partial charge in [-0.15, -0.1) is 0 Å². The van der Waals surface area contributed by atoms with Gasteiger partial charge in [-0.25, -0.2) is 0 Å². The van der Waals surface area contributed by atoms with Crippen LogP contribution in [0.25, 0.3) is 0 Å². The van der Waals surface area contributed by atoms with E-state index < -0.39 is 11.7 Å². The monoisotopic (exact) mass is 455 g/mol. The third-order valence-corrected chi connectivity index (χ3v) is 4.96. The Kier molecular flexibility index (Phi) is 11.2. The van der Waals surface area contributed by atoms with E-state index in [1.165, 1.54) is 0 Å². The highest BCUT2D eigenvalue weighted by Crippen LogP contribution is 2.13. The maximum atomic E-state index is 13.1. The van der Waals surface area contributed by atoms with Gasteiger partial charge < -0.3 is 19.5 Å². The summed E-state index contributed by atoms with van der Waals surface area (Å²) in [6, 6.07) is 19.1. The highest BCUT2D eigenvalue weighted by Gasteiger charge is 2.23. The lowest BCUT2D eigenvalue weighted by atomic mass is 10.00. The molecule has 2 aromatic rings. The first kappa shape index (κ1) is 26.7. The molecule has 6 nitrogen and oxygen atoms in total. The summed E-state index contributed by atoms with van der Waals surface area (Å²) in [6.45, 7) is 7.09. The molecule has 2 rings (SSSR count). The Balaban J connectivity index is 1.84. The van der Waals surface area contributed by atoms with Crippen LogP contribution >= 0.6 is 0 Å². The van der Waals surface area contributed by atoms with Gasteiger partial charge in [0.2, 0.25) is 0 Å². The molecule has 0 spiro atoms. The number of nitrogens with one attached hydrogen (secondary N) is 1. The molecule has 0 aliphatic carbocycles. The summed E-state index contributed by atoms with van der Waals surface area (Å²) >= 11 is 0. The van der Waals surface area contributed by atoms with Crippen molar-refractivity contribution < 1.29 is 23.8 Å². The number of esters is 1. The molecule has 0 saturated heterocycles. The van der Waals surface area contributed by atoms with Crippen LogP contribution in [0.2, 0.25) is 0 Å². The smallest absolute Gasteiger partial charge is 0.306 e. The fraction of sp³-hybridized carbons (Fsp3) is 0.481. The van der Waals surface area contributed by atoms with Gasteiger partial charge in [-0.05, 0) is 39.3 Å². The number of ether oxygens (including phenoxy) is 3. The minimum absolute atomic E-state index is 0.0420. The van der Waals surface area contributed by atoms with Crippen LogP contribution in [0, 0.1) is 0 Å². The predicted molar refractivity (Wildman–Crippen MR) is 129 cm³/mol. The Morgan fingerprint density at radius 2 is 1.61 bits per heavy atom. The molecule has 0 aromatic heterocycles. The largest absolute Gasteiger partial charge is 0.460 e. The third-order valence-electron chi connectivity index (χ3n) is 4.96. The Morgan fingerprint density at radius 1 is 0.970 bits per heavy atom. The summed E-state index contributed by atoms with van der Waals surface area (Å²) in [4.78, 5) is 24.9. The molecular weight excluding hydrogens is 418 g/mol. The molecule has 0 radical (unpaired) electrons. The van der Waals surface area contributed by atoms with E-state index in [-0.39, 0.29) is 24.5 Å². The molecule has 0 aliphatic heterocycles. The third kappa shape index (κ3) is 10.7. The Hall–Kier alpha value is -2.54. The average molecular weight is 456 g/mol. The number of carbonyl (C=O) groups is 2. The van der Waals surface area contributed by atoms with Crippen molar-refractivity contribution in [3.63, 3.8) is 0 Å². The normalized spacial score (nSPS) is 13.3. The molecule has 2 atom stereocenters. The summed E-state index contributed by atoms with van der Waals surface area (Å²) in [6.07, 6.45) is 0.722. The van der Waals surface area contributed by atoms with Gasteiger partial charge >= 0.3 is 5.97 Å². The highest BCUT2D eigenvalue weighted by atomic mass is 16.6. The standard InChI is InChI=1S/C27H37NO5/c1-27(2,3)33-25(29)16-11-17-28-19-23(31-4)20-32-24(18-21-12-7-5-8-13-21)26(30)22-14-9-6-10-15-22/h5-10,12-15,23-24,28H,11,16-20H2,1-4H3. The zero-order valence-corrected chi connectivity index (χ0v) is 20.2. The number of rotatable bonds is 14. The minimum atomic E-state index is -0.598. The molecule has 180 valence electrons. The van der Waals surface area contributed by atoms with E-state index in [1.54, 1.807) is 7.11 Å². The van der Waals surface area contributed by atoms with Gasteiger partial charge in [-0.3, -0.25) is 9.59 Å². The van der Waals surface area contributed by atoms with Crippen LogP contribution in [0.1, 0.15) is 49.5 Å². The van der Waals surface area contributed by atoms with Crippen LogP contribution in [0.15, 0.2) is 60.7 Å². The van der Waals surface area contributed by atoms with Crippen molar-refractivity contribution in [2.45, 2.75) is 57.8 Å². The van der Waals surface area contributed by atoms with Gasteiger partial charge in [-0.1, -0.05) is 60.7 Å². The van der Waals surface area contributed by atoms with Crippen LogP contribution in [-0.4, -0.2) is 56.4 Å². The topological polar surface area (TPSA) is 73.9 Å². The van der Waals surface area contributed by atoms with Crippen molar-refractivity contribution in [1.82, 2.24) is 5.32 Å². The molecule has 0 saturated carbocycles. The van der Waals surface area contributed by atoms with Crippen LogP contribution < -0.4 is 5.32 Å². The number of carbonyl (C=O) groups excluding carboxylic acids is 2. The number of hydrogen-bond acceptors (Lipinski definition) is 6. The summed E-state index contributed by atoms with van der Waals surface area (Å²) in [7, 11) is 1.63. The van der Waals surface area contributed by atoms with E-state index in [9.17, 15) is 9.59 Å². The van der Waals surface area contributed by atoms with Crippen molar-refractivity contribution in [3.05, 3.63) is 71.8 Å². The van der Waals surface area contributed by atoms with E-state index >= 15 is 0 Å². The summed E-state index contributed by atoms with van der Waals surface area (Å²) in [5.74, 6) is -0.237. The van der Waals surface area contributed by atoms with Gasteiger partial charge in [0.25, 0.3) is 0 Å². The lowest BCUT2D eigenvalue weighted by Gasteiger charge is -2.22. The second-order valence-electron chi connectivity index (χ2n) is 8.99. The van der Waals surface area contributed by atoms with Gasteiger partial charge in [0.05, 0.1) is 12.7 Å². The Bertz CT molecular complexity index is 833. The lowest BCUT2D eigenvalue weighted by molar-refractivity contribution is -0.154. The minimum Gasteiger partial charge on any atom is -0.460 e. The molecule has 0 aliphatic rings. The number of hydrogen-bond donors (Lipinski definition) is 1. The maximum Gasteiger partial charge on any atom is 0.306 e. The molecule has 2 unspecified atom stereocenters. The zero-order chi connectivity index (χ0) is 24.1. The first-order chi connectivity index (χ1) is 15.8. The van der Waals surface area contributed by atoms with Crippen molar-refractivity contribution in [2.75, 3.05) is 26.8 Å². The summed E-state index contributed by atoms with van der Waals surface area (Å²) in [5, 5.41) is 3.29. The van der Waals surface area contributed by atoms with Crippen molar-refractivity contribution in [3.8, 4) is 0 Å². The van der Waals surface area contributed by atoms with Crippen LogP contribution in [-0.2, 0) is 25.4 Å². The average Bonchev–Trinajstić information content (AvgIpc) is 2.79. The molecule has 0 fully saturated rings. The zero-order valence-electron chi connectivity index (χ0n) is 20.2. The molecule has 0 amide bonds. The number of Topliss-reactive ketones (excluding diaryl/α,β-unsaturated/α-hetero) is 1. The predicted octanol–water partition coefficient (Wildman–Crippen LogP) is 4.22. The van der Waals surface area contributed by atoms with Crippen molar-refractivity contribution in [1.29, 1.82) is 0 Å². The second kappa shape index (κ2) is 13.9. The van der Waals surface area contributed by atoms with E-state index in [2.05, 4.69) is 5.32 Å². The number of ketones is 1. The Labute approximate surface area is 197 Å². The fourth-order valence-corrected chi connectivity index (χ4v) is 3.29. The molecule has 0 heterocycles. The molecule has 0 bridgehead atoms. The first-order valence-electron chi connectivity index (χ1n) is 11.5. The molecule has 1 N–H and O–H groups in total. The second-order valence-corrected chi connectivity index (χ2v) is 8.99. The Morgan fingerprint density at radius 3 is 2.21 bits per heavy atom. The lowest BCUT2D eigenvalue weighted by Crippen LogP contribution is -2.36. The van der Waals surface area contributed by atoms with Crippen LogP contribution in [0.4, 0.5) is 0 Å². The van der Waals surface area contributed by atoms with Gasteiger partial charge in [0.1, 0.15) is 11.7 Å². The first-order valence-corrected chi connectivity index (χ1v) is 11.5. The molecule has 33 heavy (non-hydrogen) atoms. The van der Waals surface area contributed by atoms with E-state index in [0.29, 0.717) is 37.9 Å². The van der Waals surface area contributed by atoms with E-state index in [4.69, 9.17) is 14.2 Å². The molecule has 2 aromatic carbocycles. The maximum absolute atomic E-state index is 13.1. The SMILES string of the molecule is COC(CNCCCC(=O)OC(C)(C)C)COC(Cc1ccccc1)C(=O)c1ccccc1. The molecular formula is C27H37NO5. The number of benzene rings is 2. The van der Waals surface area contributed by atoms with Crippen molar-refractivity contribution in [2.24, 2.45) is 0 Å². The summed E-state index contributed by atoms with van der Waals surface area (Å²) in [5.41, 5.74) is 1.21. The van der Waals surface area contributed by atoms with Crippen LogP contribution in [0.3, 0.4) is 0 Å². The van der Waals surface area contributed by atoms with Gasteiger partial charge in [0.15, 0.2) is 5.78 Å². The van der Waals surface area contributed by atoms with Crippen molar-refractivity contribution >= 4 is 11.8 Å². The number of methoxy groups -OCH3 is 1. The van der Waals surface area contributed by atoms with E-state index in [1.807, 2.05) is 81.4 Å². The van der Waals surface area contributed by atoms with E-state index in [0.717, 1.165) is 5.56 Å². The van der Waals surface area contributed by atoms with Gasteiger partial charge in [0, 0.05) is 32.1 Å². The highest BCUT2D eigenvalue weighted by molar-refractivity contribution is 5.99. The molecule has 6 heteroatoms. The van der Waals surface area contributed by atoms with Crippen LogP contribution in [0.5, 0.6) is 0 Å². The summed E-state index contributed by atoms with van der Waals surface area (Å²) < 4.78 is 16.9. The van der Waals surface area contributed by atoms with Gasteiger partial charge in [-0.2, -0.15) is 0 Å².